The Morgan fingerprint density at radius 2 is 1.64 bits per heavy atom. The van der Waals surface area contributed by atoms with Crippen LogP contribution in [0.1, 0.15) is 57.1 Å². The summed E-state index contributed by atoms with van der Waals surface area (Å²) >= 11 is 0. The van der Waals surface area contributed by atoms with Gasteiger partial charge in [-0.15, -0.1) is 0 Å². The monoisotopic (exact) mass is 298 g/mol. The third kappa shape index (κ3) is 3.92. The summed E-state index contributed by atoms with van der Waals surface area (Å²) in [6.07, 6.45) is 10.8. The van der Waals surface area contributed by atoms with Crippen LogP contribution in [-0.4, -0.2) is 16.6 Å². The van der Waals surface area contributed by atoms with Crippen molar-refractivity contribution in [1.82, 2.24) is 9.97 Å². The van der Waals surface area contributed by atoms with Gasteiger partial charge < -0.3 is 4.74 Å². The Hall–Kier alpha value is -1.74. The molecule has 118 valence electrons. The summed E-state index contributed by atoms with van der Waals surface area (Å²) in [5.41, 5.74) is 1.80. The van der Waals surface area contributed by atoms with E-state index >= 15 is 0 Å². The molecule has 0 aliphatic rings. The van der Waals surface area contributed by atoms with Crippen molar-refractivity contribution >= 4 is 0 Å². The zero-order valence-electron chi connectivity index (χ0n) is 13.7. The predicted molar refractivity (Wildman–Crippen MR) is 89.6 cm³/mol. The first kappa shape index (κ1) is 16.6. The van der Waals surface area contributed by atoms with Gasteiger partial charge in [0.05, 0.1) is 0 Å². The van der Waals surface area contributed by atoms with Crippen LogP contribution < -0.4 is 0 Å². The quantitative estimate of drug-likeness (QED) is 0.628. The molecule has 3 nitrogen and oxygen atoms in total. The number of unbranched alkanes of at least 4 members (excludes halogenated alkanes) is 2. The minimum absolute atomic E-state index is 0.437. The van der Waals surface area contributed by atoms with Gasteiger partial charge in [-0.05, 0) is 24.8 Å². The Kier molecular flexibility index (Phi) is 6.53. The van der Waals surface area contributed by atoms with E-state index in [0.29, 0.717) is 0 Å². The van der Waals surface area contributed by atoms with Crippen molar-refractivity contribution in [3.8, 4) is 0 Å². The normalized spacial score (nSPS) is 13.7. The summed E-state index contributed by atoms with van der Waals surface area (Å²) in [5.74, 6) is 0. The molecule has 0 aliphatic heterocycles. The van der Waals surface area contributed by atoms with Crippen molar-refractivity contribution in [2.45, 2.75) is 51.6 Å². The summed E-state index contributed by atoms with van der Waals surface area (Å²) in [6.45, 7) is 5.10. The Morgan fingerprint density at radius 1 is 0.909 bits per heavy atom. The van der Waals surface area contributed by atoms with Gasteiger partial charge in [0.25, 0.3) is 0 Å². The van der Waals surface area contributed by atoms with Gasteiger partial charge in [0, 0.05) is 24.6 Å². The SMILES string of the molecule is CCCCCC(OCCC)(c1ccccc1)c1cncnc1. The zero-order chi connectivity index (χ0) is 15.7. The molecule has 1 atom stereocenters. The molecule has 22 heavy (non-hydrogen) atoms. The Morgan fingerprint density at radius 3 is 2.27 bits per heavy atom. The lowest BCUT2D eigenvalue weighted by atomic mass is 9.83. The van der Waals surface area contributed by atoms with Gasteiger partial charge in [0.2, 0.25) is 0 Å². The van der Waals surface area contributed by atoms with Crippen LogP contribution in [0, 0.1) is 0 Å². The highest BCUT2D eigenvalue weighted by Crippen LogP contribution is 2.38. The minimum atomic E-state index is -0.437. The second-order valence-corrected chi connectivity index (χ2v) is 5.63. The summed E-state index contributed by atoms with van der Waals surface area (Å²) in [5, 5.41) is 0. The molecule has 0 spiro atoms. The van der Waals surface area contributed by atoms with Crippen molar-refractivity contribution in [3.63, 3.8) is 0 Å². The Bertz CT molecular complexity index is 488. The summed E-state index contributed by atoms with van der Waals surface area (Å²) in [4.78, 5) is 8.44. The molecule has 0 N–H and O–H groups in total. The molecule has 0 saturated carbocycles. The van der Waals surface area contributed by atoms with E-state index in [1.165, 1.54) is 18.4 Å². The summed E-state index contributed by atoms with van der Waals surface area (Å²) in [6, 6.07) is 10.5. The fourth-order valence-corrected chi connectivity index (χ4v) is 2.81. The third-order valence-electron chi connectivity index (χ3n) is 3.95. The Balaban J connectivity index is 2.43. The molecule has 3 heteroatoms. The van der Waals surface area contributed by atoms with Crippen LogP contribution in [0.15, 0.2) is 49.1 Å². The first-order valence-corrected chi connectivity index (χ1v) is 8.28. The lowest BCUT2D eigenvalue weighted by Gasteiger charge is -2.35. The van der Waals surface area contributed by atoms with E-state index in [4.69, 9.17) is 4.74 Å². The van der Waals surface area contributed by atoms with Crippen LogP contribution in [0.25, 0.3) is 0 Å². The number of ether oxygens (including phenoxy) is 1. The van der Waals surface area contributed by atoms with Gasteiger partial charge >= 0.3 is 0 Å². The second kappa shape index (κ2) is 8.64. The van der Waals surface area contributed by atoms with Crippen LogP contribution in [0.3, 0.4) is 0 Å². The molecule has 2 rings (SSSR count). The summed E-state index contributed by atoms with van der Waals surface area (Å²) in [7, 11) is 0. The van der Waals surface area contributed by atoms with Crippen LogP contribution in [0.5, 0.6) is 0 Å². The maximum absolute atomic E-state index is 6.42. The maximum Gasteiger partial charge on any atom is 0.121 e. The number of rotatable bonds is 9. The van der Waals surface area contributed by atoms with Crippen molar-refractivity contribution in [1.29, 1.82) is 0 Å². The molecule has 1 aromatic heterocycles. The van der Waals surface area contributed by atoms with E-state index in [9.17, 15) is 0 Å². The van der Waals surface area contributed by atoms with Gasteiger partial charge in [0.15, 0.2) is 0 Å². The molecule has 0 saturated heterocycles. The molecular weight excluding hydrogens is 272 g/mol. The van der Waals surface area contributed by atoms with Crippen molar-refractivity contribution in [2.24, 2.45) is 0 Å². The average Bonchev–Trinajstić information content (AvgIpc) is 2.60. The molecule has 1 unspecified atom stereocenters. The smallest absolute Gasteiger partial charge is 0.121 e. The number of hydrogen-bond donors (Lipinski definition) is 0. The number of benzene rings is 1. The fraction of sp³-hybridized carbons (Fsp3) is 0.474. The Labute approximate surface area is 133 Å². The second-order valence-electron chi connectivity index (χ2n) is 5.63. The average molecular weight is 298 g/mol. The molecule has 1 heterocycles. The lowest BCUT2D eigenvalue weighted by Crippen LogP contribution is -2.32. The van der Waals surface area contributed by atoms with Gasteiger partial charge in [-0.25, -0.2) is 9.97 Å². The molecular formula is C19H26N2O. The van der Waals surface area contributed by atoms with Crippen LogP contribution in [0.4, 0.5) is 0 Å². The van der Waals surface area contributed by atoms with E-state index in [1.807, 2.05) is 18.5 Å². The molecule has 0 aliphatic carbocycles. The molecule has 2 aromatic rings. The molecule has 1 aromatic carbocycles. The van der Waals surface area contributed by atoms with E-state index < -0.39 is 5.60 Å². The summed E-state index contributed by atoms with van der Waals surface area (Å²) < 4.78 is 6.42. The van der Waals surface area contributed by atoms with Crippen molar-refractivity contribution in [2.75, 3.05) is 6.61 Å². The van der Waals surface area contributed by atoms with Crippen LogP contribution in [-0.2, 0) is 10.3 Å². The highest BCUT2D eigenvalue weighted by Gasteiger charge is 2.35. The van der Waals surface area contributed by atoms with Gasteiger partial charge in [0.1, 0.15) is 11.9 Å². The zero-order valence-corrected chi connectivity index (χ0v) is 13.7. The van der Waals surface area contributed by atoms with Gasteiger partial charge in [-0.1, -0.05) is 57.0 Å². The first-order chi connectivity index (χ1) is 10.8. The largest absolute Gasteiger partial charge is 0.365 e. The topological polar surface area (TPSA) is 35.0 Å². The minimum Gasteiger partial charge on any atom is -0.365 e. The lowest BCUT2D eigenvalue weighted by molar-refractivity contribution is -0.0267. The van der Waals surface area contributed by atoms with Crippen molar-refractivity contribution < 1.29 is 4.74 Å². The maximum atomic E-state index is 6.42. The first-order valence-electron chi connectivity index (χ1n) is 8.28. The number of aromatic nitrogens is 2. The van der Waals surface area contributed by atoms with Gasteiger partial charge in [-0.2, -0.15) is 0 Å². The van der Waals surface area contributed by atoms with E-state index in [-0.39, 0.29) is 0 Å². The number of nitrogens with zero attached hydrogens (tertiary/aromatic N) is 2. The number of hydrogen-bond acceptors (Lipinski definition) is 3. The third-order valence-corrected chi connectivity index (χ3v) is 3.95. The molecule has 0 radical (unpaired) electrons. The molecule has 0 bridgehead atoms. The van der Waals surface area contributed by atoms with Crippen molar-refractivity contribution in [3.05, 3.63) is 60.2 Å². The standard InChI is InChI=1S/C19H26N2O/c1-3-5-9-12-19(22-13-4-2,17-10-7-6-8-11-17)18-14-20-16-21-15-18/h6-8,10-11,14-16H,3-5,9,12-13H2,1-2H3. The fourth-order valence-electron chi connectivity index (χ4n) is 2.81. The van der Waals surface area contributed by atoms with Crippen LogP contribution >= 0.6 is 0 Å². The predicted octanol–water partition coefficient (Wildman–Crippen LogP) is 4.73. The highest BCUT2D eigenvalue weighted by molar-refractivity contribution is 5.34. The van der Waals surface area contributed by atoms with E-state index in [2.05, 4.69) is 48.1 Å². The van der Waals surface area contributed by atoms with E-state index in [1.54, 1.807) is 6.33 Å². The van der Waals surface area contributed by atoms with E-state index in [0.717, 1.165) is 31.4 Å². The highest BCUT2D eigenvalue weighted by atomic mass is 16.5. The molecule has 0 fully saturated rings. The van der Waals surface area contributed by atoms with Crippen LogP contribution in [0.2, 0.25) is 0 Å². The molecule has 0 amide bonds. The van der Waals surface area contributed by atoms with Gasteiger partial charge in [-0.3, -0.25) is 0 Å².